The molecule has 0 saturated heterocycles. The van der Waals surface area contributed by atoms with Crippen LogP contribution in [0.15, 0.2) is 28.6 Å². The van der Waals surface area contributed by atoms with Gasteiger partial charge < -0.3 is 4.74 Å². The molecule has 0 aliphatic rings. The number of nitrogens with one attached hydrogen (secondary N) is 1. The Hall–Kier alpha value is -1.60. The Kier molecular flexibility index (Phi) is 6.85. The van der Waals surface area contributed by atoms with Crippen molar-refractivity contribution in [3.05, 3.63) is 29.8 Å². The van der Waals surface area contributed by atoms with Crippen molar-refractivity contribution in [2.75, 3.05) is 17.7 Å². The zero-order valence-electron chi connectivity index (χ0n) is 13.5. The van der Waals surface area contributed by atoms with Gasteiger partial charge in [-0.1, -0.05) is 62.1 Å². The predicted octanol–water partition coefficient (Wildman–Crippen LogP) is 4.18. The lowest BCUT2D eigenvalue weighted by atomic mass is 10.0. The summed E-state index contributed by atoms with van der Waals surface area (Å²) < 4.78 is 6.51. The Labute approximate surface area is 144 Å². The summed E-state index contributed by atoms with van der Waals surface area (Å²) in [5.41, 5.74) is 1.09. The third-order valence-electron chi connectivity index (χ3n) is 2.98. The van der Waals surface area contributed by atoms with Crippen molar-refractivity contribution in [2.45, 2.75) is 37.4 Å². The SMILES string of the molecule is CCCSc1nnc(NC(=O)COc2ccccc2C(C)C)s1. The number of aromatic nitrogens is 2. The standard InChI is InChI=1S/C16H21N3O2S2/c1-4-9-22-16-19-18-15(23-16)17-14(20)10-21-13-8-6-5-7-12(13)11(2)3/h5-8,11H,4,9-10H2,1-3H3,(H,17,18,20). The van der Waals surface area contributed by atoms with Crippen molar-refractivity contribution in [3.8, 4) is 5.75 Å². The van der Waals surface area contributed by atoms with Gasteiger partial charge in [0, 0.05) is 5.75 Å². The molecule has 5 nitrogen and oxygen atoms in total. The second-order valence-electron chi connectivity index (χ2n) is 5.25. The van der Waals surface area contributed by atoms with E-state index in [0.717, 1.165) is 27.8 Å². The molecule has 0 fully saturated rings. The molecule has 2 rings (SSSR count). The van der Waals surface area contributed by atoms with E-state index in [1.807, 2.05) is 24.3 Å². The van der Waals surface area contributed by atoms with Gasteiger partial charge in [0.25, 0.3) is 5.91 Å². The topological polar surface area (TPSA) is 64.1 Å². The predicted molar refractivity (Wildman–Crippen MR) is 95.6 cm³/mol. The highest BCUT2D eigenvalue weighted by Crippen LogP contribution is 2.27. The average molecular weight is 351 g/mol. The maximum Gasteiger partial charge on any atom is 0.264 e. The summed E-state index contributed by atoms with van der Waals surface area (Å²) in [5, 5.41) is 11.2. The first-order valence-corrected chi connectivity index (χ1v) is 9.38. The molecule has 0 aliphatic heterocycles. The first kappa shape index (κ1) is 17.7. The van der Waals surface area contributed by atoms with Crippen LogP contribution in [0.2, 0.25) is 0 Å². The number of para-hydroxylation sites is 1. The molecule has 0 radical (unpaired) electrons. The summed E-state index contributed by atoms with van der Waals surface area (Å²) in [6, 6.07) is 7.77. The molecule has 1 heterocycles. The summed E-state index contributed by atoms with van der Waals surface area (Å²) in [4.78, 5) is 12.0. The molecule has 1 amide bonds. The molecule has 1 aromatic carbocycles. The molecule has 1 N–H and O–H groups in total. The van der Waals surface area contributed by atoms with E-state index in [2.05, 4.69) is 36.3 Å². The number of hydrogen-bond acceptors (Lipinski definition) is 6. The van der Waals surface area contributed by atoms with E-state index in [9.17, 15) is 4.79 Å². The van der Waals surface area contributed by atoms with E-state index in [4.69, 9.17) is 4.74 Å². The molecule has 1 aromatic heterocycles. The molecule has 7 heteroatoms. The fourth-order valence-electron chi connectivity index (χ4n) is 1.90. The Bertz CT molecular complexity index is 644. The maximum atomic E-state index is 12.0. The normalized spacial score (nSPS) is 10.8. The summed E-state index contributed by atoms with van der Waals surface area (Å²) >= 11 is 3.03. The van der Waals surface area contributed by atoms with E-state index >= 15 is 0 Å². The first-order valence-electron chi connectivity index (χ1n) is 7.58. The molecule has 0 aliphatic carbocycles. The Morgan fingerprint density at radius 1 is 1.35 bits per heavy atom. The monoisotopic (exact) mass is 351 g/mol. The van der Waals surface area contributed by atoms with Gasteiger partial charge in [0.2, 0.25) is 5.13 Å². The molecule has 124 valence electrons. The lowest BCUT2D eigenvalue weighted by Crippen LogP contribution is -2.20. The van der Waals surface area contributed by atoms with Gasteiger partial charge in [-0.15, -0.1) is 10.2 Å². The van der Waals surface area contributed by atoms with Gasteiger partial charge in [-0.25, -0.2) is 0 Å². The average Bonchev–Trinajstić information content (AvgIpc) is 2.98. The minimum Gasteiger partial charge on any atom is -0.483 e. The van der Waals surface area contributed by atoms with E-state index in [0.29, 0.717) is 11.0 Å². The van der Waals surface area contributed by atoms with E-state index in [1.165, 1.54) is 11.3 Å². The van der Waals surface area contributed by atoms with E-state index < -0.39 is 0 Å². The van der Waals surface area contributed by atoms with Gasteiger partial charge >= 0.3 is 0 Å². The zero-order chi connectivity index (χ0) is 16.7. The number of benzene rings is 1. The van der Waals surface area contributed by atoms with Crippen LogP contribution < -0.4 is 10.1 Å². The molecule has 2 aromatic rings. The number of anilines is 1. The van der Waals surface area contributed by atoms with Crippen molar-refractivity contribution in [2.24, 2.45) is 0 Å². The first-order chi connectivity index (χ1) is 11.1. The summed E-state index contributed by atoms with van der Waals surface area (Å²) in [6.45, 7) is 6.27. The van der Waals surface area contributed by atoms with Gasteiger partial charge in [0.1, 0.15) is 5.75 Å². The van der Waals surface area contributed by atoms with Crippen LogP contribution in [-0.4, -0.2) is 28.5 Å². The van der Waals surface area contributed by atoms with Crippen molar-refractivity contribution in [3.63, 3.8) is 0 Å². The van der Waals surface area contributed by atoms with E-state index in [1.54, 1.807) is 11.8 Å². The number of hydrogen-bond donors (Lipinski definition) is 1. The number of nitrogens with zero attached hydrogens (tertiary/aromatic N) is 2. The smallest absolute Gasteiger partial charge is 0.264 e. The van der Waals surface area contributed by atoms with Crippen molar-refractivity contribution in [1.29, 1.82) is 0 Å². The minimum atomic E-state index is -0.230. The summed E-state index contributed by atoms with van der Waals surface area (Å²) in [6.07, 6.45) is 1.08. The van der Waals surface area contributed by atoms with Gasteiger partial charge in [-0.2, -0.15) is 0 Å². The molecule has 0 unspecified atom stereocenters. The second kappa shape index (κ2) is 8.88. The molecular weight excluding hydrogens is 330 g/mol. The van der Waals surface area contributed by atoms with Gasteiger partial charge in [-0.05, 0) is 24.0 Å². The Balaban J connectivity index is 1.87. The number of thioether (sulfide) groups is 1. The second-order valence-corrected chi connectivity index (χ2v) is 7.57. The van der Waals surface area contributed by atoms with Crippen molar-refractivity contribution in [1.82, 2.24) is 10.2 Å². The zero-order valence-corrected chi connectivity index (χ0v) is 15.2. The van der Waals surface area contributed by atoms with Crippen LogP contribution in [0.5, 0.6) is 5.75 Å². The third kappa shape index (κ3) is 5.51. The molecule has 0 bridgehead atoms. The Morgan fingerprint density at radius 2 is 2.13 bits per heavy atom. The third-order valence-corrected chi connectivity index (χ3v) is 5.16. The van der Waals surface area contributed by atoms with Crippen LogP contribution in [0, 0.1) is 0 Å². The highest BCUT2D eigenvalue weighted by Gasteiger charge is 2.11. The number of rotatable bonds is 8. The largest absolute Gasteiger partial charge is 0.483 e. The molecule has 0 saturated carbocycles. The highest BCUT2D eigenvalue weighted by molar-refractivity contribution is 8.01. The summed E-state index contributed by atoms with van der Waals surface area (Å²) in [7, 11) is 0. The number of amides is 1. The number of carbonyl (C=O) groups is 1. The van der Waals surface area contributed by atoms with Crippen LogP contribution in [0.1, 0.15) is 38.7 Å². The minimum absolute atomic E-state index is 0.0409. The Morgan fingerprint density at radius 3 is 2.87 bits per heavy atom. The van der Waals surface area contributed by atoms with Crippen LogP contribution in [0.3, 0.4) is 0 Å². The van der Waals surface area contributed by atoms with Crippen LogP contribution >= 0.6 is 23.1 Å². The van der Waals surface area contributed by atoms with E-state index in [-0.39, 0.29) is 12.5 Å². The fraction of sp³-hybridized carbons (Fsp3) is 0.438. The maximum absolute atomic E-state index is 12.0. The van der Waals surface area contributed by atoms with Gasteiger partial charge in [-0.3, -0.25) is 10.1 Å². The lowest BCUT2D eigenvalue weighted by Gasteiger charge is -2.13. The number of carbonyl (C=O) groups excluding carboxylic acids is 1. The quantitative estimate of drug-likeness (QED) is 0.571. The van der Waals surface area contributed by atoms with Crippen LogP contribution in [0.25, 0.3) is 0 Å². The number of ether oxygens (including phenoxy) is 1. The lowest BCUT2D eigenvalue weighted by molar-refractivity contribution is -0.118. The molecular formula is C16H21N3O2S2. The fourth-order valence-corrected chi connectivity index (χ4v) is 3.59. The molecule has 0 spiro atoms. The highest BCUT2D eigenvalue weighted by atomic mass is 32.2. The van der Waals surface area contributed by atoms with Gasteiger partial charge in [0.15, 0.2) is 10.9 Å². The van der Waals surface area contributed by atoms with Gasteiger partial charge in [0.05, 0.1) is 0 Å². The van der Waals surface area contributed by atoms with Crippen LogP contribution in [-0.2, 0) is 4.79 Å². The van der Waals surface area contributed by atoms with Crippen molar-refractivity contribution < 1.29 is 9.53 Å². The summed E-state index contributed by atoms with van der Waals surface area (Å²) in [5.74, 6) is 1.86. The van der Waals surface area contributed by atoms with Crippen LogP contribution in [0.4, 0.5) is 5.13 Å². The molecule has 0 atom stereocenters. The molecule has 23 heavy (non-hydrogen) atoms. The van der Waals surface area contributed by atoms with Crippen molar-refractivity contribution >= 4 is 34.1 Å².